The molecule has 1 N–H and O–H groups in total. The van der Waals surface area contributed by atoms with Crippen LogP contribution < -0.4 is 5.32 Å². The second-order valence-corrected chi connectivity index (χ2v) is 1.92. The van der Waals surface area contributed by atoms with Crippen molar-refractivity contribution < 1.29 is 14.3 Å². The van der Waals surface area contributed by atoms with Crippen LogP contribution in [0.1, 0.15) is 6.92 Å². The van der Waals surface area contributed by atoms with E-state index in [2.05, 4.69) is 10.1 Å². The van der Waals surface area contributed by atoms with Crippen LogP contribution in [0.5, 0.6) is 0 Å². The van der Waals surface area contributed by atoms with E-state index in [0.29, 0.717) is 6.54 Å². The van der Waals surface area contributed by atoms with Crippen molar-refractivity contribution >= 4 is 6.09 Å². The number of amides is 1. The number of ether oxygens (including phenoxy) is 2. The summed E-state index contributed by atoms with van der Waals surface area (Å²) in [6.07, 6.45) is -0.400. The molecule has 0 saturated carbocycles. The zero-order valence-electron chi connectivity index (χ0n) is 6.51. The van der Waals surface area contributed by atoms with Gasteiger partial charge in [-0.2, -0.15) is 0 Å². The molecule has 0 aliphatic rings. The Morgan fingerprint density at radius 2 is 2.20 bits per heavy atom. The van der Waals surface area contributed by atoms with Gasteiger partial charge >= 0.3 is 6.09 Å². The zero-order valence-corrected chi connectivity index (χ0v) is 6.51. The number of hydrogen-bond donors (Lipinski definition) is 1. The van der Waals surface area contributed by atoms with Gasteiger partial charge in [-0.05, 0) is 6.92 Å². The maximum atomic E-state index is 10.4. The van der Waals surface area contributed by atoms with Gasteiger partial charge < -0.3 is 14.8 Å². The quantitative estimate of drug-likeness (QED) is 0.627. The lowest BCUT2D eigenvalue weighted by atomic mass is 10.4. The van der Waals surface area contributed by atoms with Crippen molar-refractivity contribution in [3.05, 3.63) is 0 Å². The molecule has 0 rings (SSSR count). The van der Waals surface area contributed by atoms with Crippen LogP contribution in [0.15, 0.2) is 0 Å². The molecule has 4 heteroatoms. The van der Waals surface area contributed by atoms with Crippen molar-refractivity contribution in [1.29, 1.82) is 0 Å². The molecule has 0 unspecified atom stereocenters. The van der Waals surface area contributed by atoms with Gasteiger partial charge in [-0.1, -0.05) is 0 Å². The Morgan fingerprint density at radius 1 is 1.60 bits per heavy atom. The summed E-state index contributed by atoms with van der Waals surface area (Å²) in [6.45, 7) is 2.33. The van der Waals surface area contributed by atoms with E-state index in [1.807, 2.05) is 6.92 Å². The van der Waals surface area contributed by atoms with Gasteiger partial charge in [-0.15, -0.1) is 0 Å². The molecule has 0 saturated heterocycles. The van der Waals surface area contributed by atoms with Crippen molar-refractivity contribution in [2.45, 2.75) is 13.0 Å². The summed E-state index contributed by atoms with van der Waals surface area (Å²) in [5.74, 6) is 0. The molecule has 60 valence electrons. The Morgan fingerprint density at radius 3 is 2.60 bits per heavy atom. The maximum Gasteiger partial charge on any atom is 0.406 e. The van der Waals surface area contributed by atoms with Gasteiger partial charge in [0.15, 0.2) is 0 Å². The monoisotopic (exact) mass is 147 g/mol. The minimum absolute atomic E-state index is 0.0269. The number of nitrogens with one attached hydrogen (secondary N) is 1. The van der Waals surface area contributed by atoms with Crippen LogP contribution in [0.25, 0.3) is 0 Å². The van der Waals surface area contributed by atoms with Gasteiger partial charge in [0.1, 0.15) is 0 Å². The van der Waals surface area contributed by atoms with Crippen LogP contribution in [-0.2, 0) is 9.47 Å². The van der Waals surface area contributed by atoms with Crippen molar-refractivity contribution in [1.82, 2.24) is 5.32 Å². The molecule has 0 aromatic carbocycles. The fourth-order valence-corrected chi connectivity index (χ4v) is 0.383. The topological polar surface area (TPSA) is 47.6 Å². The number of rotatable bonds is 3. The van der Waals surface area contributed by atoms with Crippen molar-refractivity contribution in [2.24, 2.45) is 0 Å². The molecule has 1 atom stereocenters. The van der Waals surface area contributed by atoms with Crippen LogP contribution in [0.2, 0.25) is 0 Å². The van der Waals surface area contributed by atoms with E-state index < -0.39 is 6.09 Å². The molecule has 10 heavy (non-hydrogen) atoms. The summed E-state index contributed by atoms with van der Waals surface area (Å²) in [5, 5.41) is 2.50. The van der Waals surface area contributed by atoms with Gasteiger partial charge in [0.05, 0.1) is 13.2 Å². The molecule has 1 amide bonds. The first-order valence-corrected chi connectivity index (χ1v) is 3.05. The number of hydrogen-bond acceptors (Lipinski definition) is 3. The molecule has 0 aliphatic heterocycles. The fraction of sp³-hybridized carbons (Fsp3) is 0.833. The van der Waals surface area contributed by atoms with E-state index in [1.165, 1.54) is 7.11 Å². The van der Waals surface area contributed by atoms with Crippen molar-refractivity contribution in [3.63, 3.8) is 0 Å². The van der Waals surface area contributed by atoms with Crippen molar-refractivity contribution in [2.75, 3.05) is 20.8 Å². The number of methoxy groups -OCH3 is 2. The van der Waals surface area contributed by atoms with Crippen LogP contribution in [-0.4, -0.2) is 33.0 Å². The third-order valence-electron chi connectivity index (χ3n) is 1.12. The third kappa shape index (κ3) is 4.14. The lowest BCUT2D eigenvalue weighted by Gasteiger charge is -2.08. The molecule has 4 nitrogen and oxygen atoms in total. The molecule has 0 aromatic heterocycles. The van der Waals surface area contributed by atoms with Crippen LogP contribution >= 0.6 is 0 Å². The average Bonchev–Trinajstić information content (AvgIpc) is 1.99. The second-order valence-electron chi connectivity index (χ2n) is 1.92. The predicted molar refractivity (Wildman–Crippen MR) is 36.9 cm³/mol. The minimum atomic E-state index is -0.427. The molecule has 0 spiro atoms. The largest absolute Gasteiger partial charge is 0.453 e. The highest BCUT2D eigenvalue weighted by Gasteiger charge is 2.01. The predicted octanol–water partition coefficient (Wildman–Crippen LogP) is 0.377. The molecule has 0 fully saturated rings. The Balaban J connectivity index is 3.26. The van der Waals surface area contributed by atoms with Crippen LogP contribution in [0.3, 0.4) is 0 Å². The van der Waals surface area contributed by atoms with E-state index in [0.717, 1.165) is 0 Å². The summed E-state index contributed by atoms with van der Waals surface area (Å²) in [5.41, 5.74) is 0. The van der Waals surface area contributed by atoms with E-state index in [1.54, 1.807) is 7.11 Å². The van der Waals surface area contributed by atoms with Crippen LogP contribution in [0.4, 0.5) is 4.79 Å². The minimum Gasteiger partial charge on any atom is -0.453 e. The van der Waals surface area contributed by atoms with E-state index in [9.17, 15) is 4.79 Å². The molecule has 0 bridgehead atoms. The summed E-state index contributed by atoms with van der Waals surface area (Å²) in [7, 11) is 2.91. The molecular formula is C6H13NO3. The van der Waals surface area contributed by atoms with Gasteiger partial charge in [0, 0.05) is 13.7 Å². The Kier molecular flexibility index (Phi) is 4.66. The fourth-order valence-electron chi connectivity index (χ4n) is 0.383. The second kappa shape index (κ2) is 5.05. The number of alkyl carbamates (subject to hydrolysis) is 1. The van der Waals surface area contributed by atoms with E-state index >= 15 is 0 Å². The smallest absolute Gasteiger partial charge is 0.406 e. The molecule has 0 heterocycles. The number of carbonyl (C=O) groups excluding carboxylic acids is 1. The molecular weight excluding hydrogens is 134 g/mol. The Bertz CT molecular complexity index is 105. The Hall–Kier alpha value is -0.770. The standard InChI is InChI=1S/C6H13NO3/c1-5(9-2)4-7-6(8)10-3/h5H,4H2,1-3H3,(H,7,8)/t5-/m0/s1. The summed E-state index contributed by atoms with van der Waals surface area (Å²) >= 11 is 0. The third-order valence-corrected chi connectivity index (χ3v) is 1.12. The highest BCUT2D eigenvalue weighted by Crippen LogP contribution is 1.83. The van der Waals surface area contributed by atoms with E-state index in [4.69, 9.17) is 4.74 Å². The number of carbonyl (C=O) groups is 1. The summed E-state index contributed by atoms with van der Waals surface area (Å²) < 4.78 is 9.21. The van der Waals surface area contributed by atoms with Crippen molar-refractivity contribution in [3.8, 4) is 0 Å². The maximum absolute atomic E-state index is 10.4. The molecule has 0 aromatic rings. The van der Waals surface area contributed by atoms with Gasteiger partial charge in [-0.25, -0.2) is 4.79 Å². The zero-order chi connectivity index (χ0) is 7.98. The van der Waals surface area contributed by atoms with Crippen LogP contribution in [0, 0.1) is 0 Å². The van der Waals surface area contributed by atoms with E-state index in [-0.39, 0.29) is 6.10 Å². The first-order valence-electron chi connectivity index (χ1n) is 3.05. The lowest BCUT2D eigenvalue weighted by molar-refractivity contribution is 0.111. The molecule has 0 radical (unpaired) electrons. The SMILES string of the molecule is COC(=O)NC[C@H](C)OC. The average molecular weight is 147 g/mol. The van der Waals surface area contributed by atoms with Gasteiger partial charge in [0.25, 0.3) is 0 Å². The summed E-state index contributed by atoms with van der Waals surface area (Å²) in [4.78, 5) is 10.4. The van der Waals surface area contributed by atoms with Gasteiger partial charge in [-0.3, -0.25) is 0 Å². The highest BCUT2D eigenvalue weighted by atomic mass is 16.5. The normalized spacial score (nSPS) is 12.3. The lowest BCUT2D eigenvalue weighted by Crippen LogP contribution is -2.31. The first-order chi connectivity index (χ1) is 4.70. The first kappa shape index (κ1) is 9.23. The van der Waals surface area contributed by atoms with Gasteiger partial charge in [0.2, 0.25) is 0 Å². The highest BCUT2D eigenvalue weighted by molar-refractivity contribution is 5.66. The molecule has 0 aliphatic carbocycles. The summed E-state index contributed by atoms with van der Waals surface area (Å²) in [6, 6.07) is 0. The Labute approximate surface area is 60.5 Å².